The van der Waals surface area contributed by atoms with E-state index in [1.807, 2.05) is 13.0 Å². The number of hydrogen-bond acceptors (Lipinski definition) is 2. The Morgan fingerprint density at radius 2 is 1.95 bits per heavy atom. The smallest absolute Gasteiger partial charge is 0.126 e. The van der Waals surface area contributed by atoms with E-state index in [0.717, 1.165) is 37.3 Å². The summed E-state index contributed by atoms with van der Waals surface area (Å²) >= 11 is 0. The first-order chi connectivity index (χ1) is 9.63. The second-order valence-corrected chi connectivity index (χ2v) is 6.01. The summed E-state index contributed by atoms with van der Waals surface area (Å²) in [7, 11) is 0. The minimum absolute atomic E-state index is 0. The van der Waals surface area contributed by atoms with Crippen LogP contribution >= 0.6 is 12.4 Å². The molecule has 1 aliphatic rings. The van der Waals surface area contributed by atoms with Crippen LogP contribution in [0.4, 0.5) is 4.39 Å². The Bertz CT molecular complexity index is 433. The lowest BCUT2D eigenvalue weighted by atomic mass is 9.88. The molecule has 0 aromatic heterocycles. The van der Waals surface area contributed by atoms with Crippen LogP contribution in [0.2, 0.25) is 0 Å². The van der Waals surface area contributed by atoms with Gasteiger partial charge in [-0.1, -0.05) is 32.4 Å². The molecule has 2 rings (SSSR count). The second kappa shape index (κ2) is 8.72. The minimum Gasteiger partial charge on any atom is -0.314 e. The van der Waals surface area contributed by atoms with Gasteiger partial charge in [-0.05, 0) is 36.5 Å². The fourth-order valence-electron chi connectivity index (χ4n) is 3.27. The van der Waals surface area contributed by atoms with Crippen molar-refractivity contribution in [2.24, 2.45) is 5.92 Å². The molecule has 1 heterocycles. The fraction of sp³-hybridized carbons (Fsp3) is 0.647. The third kappa shape index (κ3) is 4.67. The van der Waals surface area contributed by atoms with E-state index in [2.05, 4.69) is 30.1 Å². The fourth-order valence-corrected chi connectivity index (χ4v) is 3.27. The molecule has 0 amide bonds. The van der Waals surface area contributed by atoms with E-state index in [1.165, 1.54) is 12.8 Å². The molecule has 0 spiro atoms. The molecule has 0 radical (unpaired) electrons. The first-order valence-corrected chi connectivity index (χ1v) is 7.84. The van der Waals surface area contributed by atoms with Crippen molar-refractivity contribution in [3.05, 3.63) is 35.1 Å². The van der Waals surface area contributed by atoms with Gasteiger partial charge in [-0.25, -0.2) is 4.39 Å². The van der Waals surface area contributed by atoms with E-state index >= 15 is 0 Å². The van der Waals surface area contributed by atoms with Gasteiger partial charge in [0, 0.05) is 32.2 Å². The molecule has 120 valence electrons. The van der Waals surface area contributed by atoms with Gasteiger partial charge in [-0.2, -0.15) is 0 Å². The summed E-state index contributed by atoms with van der Waals surface area (Å²) in [5.41, 5.74) is 1.87. The molecule has 1 unspecified atom stereocenters. The van der Waals surface area contributed by atoms with Gasteiger partial charge in [0.25, 0.3) is 0 Å². The van der Waals surface area contributed by atoms with E-state index < -0.39 is 0 Å². The summed E-state index contributed by atoms with van der Waals surface area (Å²) in [6.07, 6.45) is 2.36. The van der Waals surface area contributed by atoms with Crippen molar-refractivity contribution in [1.82, 2.24) is 10.2 Å². The second-order valence-electron chi connectivity index (χ2n) is 6.01. The van der Waals surface area contributed by atoms with Crippen LogP contribution in [0.3, 0.4) is 0 Å². The van der Waals surface area contributed by atoms with Crippen LogP contribution in [-0.2, 0) is 0 Å². The van der Waals surface area contributed by atoms with Crippen LogP contribution in [0, 0.1) is 18.7 Å². The molecule has 2 nitrogen and oxygen atoms in total. The van der Waals surface area contributed by atoms with Crippen molar-refractivity contribution < 1.29 is 4.39 Å². The van der Waals surface area contributed by atoms with Gasteiger partial charge in [0.1, 0.15) is 5.82 Å². The van der Waals surface area contributed by atoms with Gasteiger partial charge in [0.15, 0.2) is 0 Å². The van der Waals surface area contributed by atoms with Gasteiger partial charge in [0.2, 0.25) is 0 Å². The van der Waals surface area contributed by atoms with Gasteiger partial charge >= 0.3 is 0 Å². The van der Waals surface area contributed by atoms with Crippen LogP contribution in [-0.4, -0.2) is 31.1 Å². The molecule has 21 heavy (non-hydrogen) atoms. The molecule has 1 N–H and O–H groups in total. The highest BCUT2D eigenvalue weighted by molar-refractivity contribution is 5.85. The Morgan fingerprint density at radius 1 is 1.29 bits per heavy atom. The number of rotatable bonds is 5. The van der Waals surface area contributed by atoms with Crippen molar-refractivity contribution in [3.63, 3.8) is 0 Å². The molecule has 1 aliphatic heterocycles. The maximum absolute atomic E-state index is 13.9. The third-order valence-electron chi connectivity index (χ3n) is 4.37. The van der Waals surface area contributed by atoms with Crippen molar-refractivity contribution >= 4 is 12.4 Å². The van der Waals surface area contributed by atoms with Crippen LogP contribution in [0.25, 0.3) is 0 Å². The molecule has 1 aromatic carbocycles. The van der Waals surface area contributed by atoms with Crippen LogP contribution in [0.1, 0.15) is 43.9 Å². The van der Waals surface area contributed by atoms with Crippen LogP contribution < -0.4 is 5.32 Å². The predicted octanol–water partition coefficient (Wildman–Crippen LogP) is 3.94. The van der Waals surface area contributed by atoms with E-state index in [9.17, 15) is 4.39 Å². The standard InChI is InChI=1S/C17H27FN2.ClH/c1-4-5-14(3)17(20-10-8-19-9-11-20)15-7-6-13(2)16(18)12-15;/h6-7,12,14,17,19H,4-5,8-11H2,1-3H3;1H/t14?,17-;/m1./s1. The maximum Gasteiger partial charge on any atom is 0.126 e. The highest BCUT2D eigenvalue weighted by Crippen LogP contribution is 2.32. The van der Waals surface area contributed by atoms with Gasteiger partial charge in [-0.3, -0.25) is 4.90 Å². The molecule has 0 aliphatic carbocycles. The lowest BCUT2D eigenvalue weighted by Crippen LogP contribution is -2.46. The summed E-state index contributed by atoms with van der Waals surface area (Å²) in [6, 6.07) is 6.11. The molecule has 2 atom stereocenters. The lowest BCUT2D eigenvalue weighted by Gasteiger charge is -2.38. The Kier molecular flexibility index (Phi) is 7.64. The topological polar surface area (TPSA) is 15.3 Å². The van der Waals surface area contributed by atoms with Gasteiger partial charge in [0.05, 0.1) is 0 Å². The molecular formula is C17H28ClFN2. The monoisotopic (exact) mass is 314 g/mol. The van der Waals surface area contributed by atoms with Crippen LogP contribution in [0.5, 0.6) is 0 Å². The summed E-state index contributed by atoms with van der Waals surface area (Å²) in [5, 5.41) is 3.40. The molecule has 1 fully saturated rings. The first-order valence-electron chi connectivity index (χ1n) is 7.84. The highest BCUT2D eigenvalue weighted by atomic mass is 35.5. The van der Waals surface area contributed by atoms with E-state index in [-0.39, 0.29) is 18.2 Å². The Balaban J connectivity index is 0.00000220. The average molecular weight is 315 g/mol. The number of benzene rings is 1. The minimum atomic E-state index is -0.0775. The third-order valence-corrected chi connectivity index (χ3v) is 4.37. The van der Waals surface area contributed by atoms with E-state index in [4.69, 9.17) is 0 Å². The zero-order chi connectivity index (χ0) is 14.5. The van der Waals surface area contributed by atoms with Crippen molar-refractivity contribution in [2.75, 3.05) is 26.2 Å². The van der Waals surface area contributed by atoms with Crippen molar-refractivity contribution in [2.45, 2.75) is 39.7 Å². The number of aryl methyl sites for hydroxylation is 1. The zero-order valence-corrected chi connectivity index (χ0v) is 14.2. The number of nitrogens with zero attached hydrogens (tertiary/aromatic N) is 1. The Morgan fingerprint density at radius 3 is 2.52 bits per heavy atom. The van der Waals surface area contributed by atoms with Gasteiger partial charge < -0.3 is 5.32 Å². The lowest BCUT2D eigenvalue weighted by molar-refractivity contribution is 0.126. The van der Waals surface area contributed by atoms with Crippen molar-refractivity contribution in [1.29, 1.82) is 0 Å². The quantitative estimate of drug-likeness (QED) is 0.885. The number of hydrogen-bond donors (Lipinski definition) is 1. The summed E-state index contributed by atoms with van der Waals surface area (Å²) in [4.78, 5) is 2.51. The number of piperazine rings is 1. The van der Waals surface area contributed by atoms with E-state index in [1.54, 1.807) is 6.07 Å². The molecule has 1 saturated heterocycles. The van der Waals surface area contributed by atoms with Crippen LogP contribution in [0.15, 0.2) is 18.2 Å². The normalized spacial score (nSPS) is 18.9. The Labute approximate surface area is 134 Å². The first kappa shape index (κ1) is 18.4. The highest BCUT2D eigenvalue weighted by Gasteiger charge is 2.27. The molecule has 0 bridgehead atoms. The summed E-state index contributed by atoms with van der Waals surface area (Å²) in [6.45, 7) is 10.5. The molecule has 4 heteroatoms. The predicted molar refractivity (Wildman–Crippen MR) is 89.6 cm³/mol. The molecule has 1 aromatic rings. The SMILES string of the molecule is CCCC(C)[C@H](c1ccc(C)c(F)c1)N1CCNCC1.Cl. The Hall–Kier alpha value is -0.640. The van der Waals surface area contributed by atoms with Crippen molar-refractivity contribution in [3.8, 4) is 0 Å². The summed E-state index contributed by atoms with van der Waals surface area (Å²) in [5.74, 6) is 0.478. The van der Waals surface area contributed by atoms with Gasteiger partial charge in [-0.15, -0.1) is 12.4 Å². The van der Waals surface area contributed by atoms with E-state index in [0.29, 0.717) is 12.0 Å². The largest absolute Gasteiger partial charge is 0.314 e. The number of nitrogens with one attached hydrogen (secondary N) is 1. The average Bonchev–Trinajstić information content (AvgIpc) is 2.44. The maximum atomic E-state index is 13.9. The zero-order valence-electron chi connectivity index (χ0n) is 13.4. The molecular weight excluding hydrogens is 287 g/mol. The number of halogens is 2. The summed E-state index contributed by atoms with van der Waals surface area (Å²) < 4.78 is 13.9. The molecule has 0 saturated carbocycles.